The highest BCUT2D eigenvalue weighted by Gasteiger charge is 2.18. The predicted octanol–water partition coefficient (Wildman–Crippen LogP) is 2.86. The Morgan fingerprint density at radius 3 is 2.67 bits per heavy atom. The van der Waals surface area contributed by atoms with E-state index in [9.17, 15) is 4.39 Å². The normalized spacial score (nSPS) is 12.7. The Morgan fingerprint density at radius 2 is 2.20 bits per heavy atom. The summed E-state index contributed by atoms with van der Waals surface area (Å²) >= 11 is 5.92. The van der Waals surface area contributed by atoms with Crippen LogP contribution in [0.15, 0.2) is 6.07 Å². The van der Waals surface area contributed by atoms with Gasteiger partial charge in [0.1, 0.15) is 0 Å². The van der Waals surface area contributed by atoms with Gasteiger partial charge < -0.3 is 10.5 Å². The second kappa shape index (κ2) is 4.81. The molecule has 0 aromatic heterocycles. The van der Waals surface area contributed by atoms with Crippen LogP contribution in [0.2, 0.25) is 5.02 Å². The van der Waals surface area contributed by atoms with E-state index < -0.39 is 5.82 Å². The third kappa shape index (κ3) is 2.24. The molecule has 1 aromatic rings. The van der Waals surface area contributed by atoms with Crippen LogP contribution in [0.3, 0.4) is 0 Å². The van der Waals surface area contributed by atoms with Crippen molar-refractivity contribution in [2.75, 3.05) is 13.7 Å². The van der Waals surface area contributed by atoms with Crippen molar-refractivity contribution in [3.8, 4) is 5.75 Å². The minimum absolute atomic E-state index is 0.0464. The Hall–Kier alpha value is -0.800. The first-order chi connectivity index (χ1) is 7.02. The van der Waals surface area contributed by atoms with Crippen LogP contribution >= 0.6 is 11.6 Å². The molecule has 0 radical (unpaired) electrons. The molecule has 1 rings (SSSR count). The van der Waals surface area contributed by atoms with Crippen molar-refractivity contribution in [3.05, 3.63) is 28.0 Å². The van der Waals surface area contributed by atoms with E-state index in [0.29, 0.717) is 17.1 Å². The molecule has 0 amide bonds. The molecule has 0 bridgehead atoms. The van der Waals surface area contributed by atoms with Crippen LogP contribution < -0.4 is 10.5 Å². The highest BCUT2D eigenvalue weighted by Crippen LogP contribution is 2.35. The Morgan fingerprint density at radius 1 is 1.60 bits per heavy atom. The Bertz CT molecular complexity index is 368. The lowest BCUT2D eigenvalue weighted by Gasteiger charge is -2.15. The quantitative estimate of drug-likeness (QED) is 0.868. The fourth-order valence-electron chi connectivity index (χ4n) is 1.43. The molecule has 0 heterocycles. The Balaban J connectivity index is 3.36. The smallest absolute Gasteiger partial charge is 0.173 e. The summed E-state index contributed by atoms with van der Waals surface area (Å²) in [6.07, 6.45) is 0. The van der Waals surface area contributed by atoms with Crippen LogP contribution in [0.1, 0.15) is 24.0 Å². The van der Waals surface area contributed by atoms with Gasteiger partial charge in [0.25, 0.3) is 0 Å². The van der Waals surface area contributed by atoms with Crippen molar-refractivity contribution in [1.29, 1.82) is 0 Å². The lowest BCUT2D eigenvalue weighted by Crippen LogP contribution is -2.11. The lowest BCUT2D eigenvalue weighted by molar-refractivity contribution is 0.382. The van der Waals surface area contributed by atoms with Crippen LogP contribution in [0, 0.1) is 12.7 Å². The van der Waals surface area contributed by atoms with Gasteiger partial charge in [-0.05, 0) is 30.5 Å². The van der Waals surface area contributed by atoms with Crippen LogP contribution in [0.25, 0.3) is 0 Å². The Kier molecular flexibility index (Phi) is 3.94. The maximum Gasteiger partial charge on any atom is 0.173 e. The van der Waals surface area contributed by atoms with Gasteiger partial charge in [-0.2, -0.15) is 0 Å². The molecule has 1 atom stereocenters. The third-order valence-electron chi connectivity index (χ3n) is 2.46. The van der Waals surface area contributed by atoms with Gasteiger partial charge in [0.15, 0.2) is 11.6 Å². The average molecular weight is 232 g/mol. The van der Waals surface area contributed by atoms with E-state index in [4.69, 9.17) is 22.1 Å². The van der Waals surface area contributed by atoms with Gasteiger partial charge in [0, 0.05) is 0 Å². The Labute approximate surface area is 94.2 Å². The standard InChI is InChI=1S/C11H15ClFNO/c1-6-4-8(7(2)5-14)10(13)11(15-3)9(6)12/h4,7H,5,14H2,1-3H3. The number of methoxy groups -OCH3 is 1. The molecule has 0 saturated heterocycles. The number of hydrogen-bond acceptors (Lipinski definition) is 2. The summed E-state index contributed by atoms with van der Waals surface area (Å²) in [6.45, 7) is 4.07. The minimum Gasteiger partial charge on any atom is -0.492 e. The summed E-state index contributed by atoms with van der Waals surface area (Å²) in [7, 11) is 1.40. The van der Waals surface area contributed by atoms with Crippen molar-refractivity contribution in [2.45, 2.75) is 19.8 Å². The molecule has 1 aromatic carbocycles. The topological polar surface area (TPSA) is 35.2 Å². The van der Waals surface area contributed by atoms with E-state index in [1.807, 2.05) is 13.8 Å². The summed E-state index contributed by atoms with van der Waals surface area (Å²) in [6, 6.07) is 1.72. The second-order valence-electron chi connectivity index (χ2n) is 3.58. The summed E-state index contributed by atoms with van der Waals surface area (Å²) in [5.41, 5.74) is 6.86. The SMILES string of the molecule is COc1c(F)c(C(C)CN)cc(C)c1Cl. The maximum absolute atomic E-state index is 13.9. The zero-order valence-electron chi connectivity index (χ0n) is 9.10. The van der Waals surface area contributed by atoms with Gasteiger partial charge in [-0.1, -0.05) is 24.6 Å². The number of rotatable bonds is 3. The van der Waals surface area contributed by atoms with Crippen molar-refractivity contribution >= 4 is 11.6 Å². The summed E-state index contributed by atoms with van der Waals surface area (Å²) < 4.78 is 18.8. The maximum atomic E-state index is 13.9. The molecule has 0 aliphatic carbocycles. The highest BCUT2D eigenvalue weighted by atomic mass is 35.5. The molecule has 0 aliphatic heterocycles. The molecule has 2 N–H and O–H groups in total. The molecule has 84 valence electrons. The molecule has 15 heavy (non-hydrogen) atoms. The van der Waals surface area contributed by atoms with Gasteiger partial charge in [-0.25, -0.2) is 4.39 Å². The van der Waals surface area contributed by atoms with Gasteiger partial charge in [0.05, 0.1) is 12.1 Å². The van der Waals surface area contributed by atoms with Gasteiger partial charge in [-0.3, -0.25) is 0 Å². The zero-order chi connectivity index (χ0) is 11.6. The number of hydrogen-bond donors (Lipinski definition) is 1. The first-order valence-corrected chi connectivity index (χ1v) is 5.13. The first kappa shape index (κ1) is 12.3. The third-order valence-corrected chi connectivity index (χ3v) is 2.93. The van der Waals surface area contributed by atoms with Gasteiger partial charge >= 0.3 is 0 Å². The molecular weight excluding hydrogens is 217 g/mol. The molecule has 2 nitrogen and oxygen atoms in total. The largest absolute Gasteiger partial charge is 0.492 e. The van der Waals surface area contributed by atoms with E-state index in [2.05, 4.69) is 0 Å². The number of nitrogens with two attached hydrogens (primary N) is 1. The van der Waals surface area contributed by atoms with E-state index in [1.165, 1.54) is 7.11 Å². The van der Waals surface area contributed by atoms with E-state index in [1.54, 1.807) is 6.07 Å². The average Bonchev–Trinajstić information content (AvgIpc) is 2.23. The summed E-state index contributed by atoms with van der Waals surface area (Å²) in [4.78, 5) is 0. The number of benzene rings is 1. The minimum atomic E-state index is -0.411. The van der Waals surface area contributed by atoms with Crippen molar-refractivity contribution < 1.29 is 9.13 Å². The molecule has 0 aliphatic rings. The number of ether oxygens (including phenoxy) is 1. The fraction of sp³-hybridized carbons (Fsp3) is 0.455. The van der Waals surface area contributed by atoms with Crippen molar-refractivity contribution in [2.24, 2.45) is 5.73 Å². The highest BCUT2D eigenvalue weighted by molar-refractivity contribution is 6.32. The van der Waals surface area contributed by atoms with E-state index in [-0.39, 0.29) is 11.7 Å². The van der Waals surface area contributed by atoms with Crippen molar-refractivity contribution in [3.63, 3.8) is 0 Å². The van der Waals surface area contributed by atoms with E-state index in [0.717, 1.165) is 5.56 Å². The summed E-state index contributed by atoms with van der Waals surface area (Å²) in [5.74, 6) is -0.354. The first-order valence-electron chi connectivity index (χ1n) is 4.75. The van der Waals surface area contributed by atoms with Crippen LogP contribution in [-0.2, 0) is 0 Å². The van der Waals surface area contributed by atoms with Crippen LogP contribution in [0.4, 0.5) is 4.39 Å². The molecule has 4 heteroatoms. The lowest BCUT2D eigenvalue weighted by atomic mass is 9.98. The second-order valence-corrected chi connectivity index (χ2v) is 3.96. The molecule has 0 saturated carbocycles. The summed E-state index contributed by atoms with van der Waals surface area (Å²) in [5, 5.41) is 0.322. The van der Waals surface area contributed by atoms with E-state index >= 15 is 0 Å². The van der Waals surface area contributed by atoms with Crippen LogP contribution in [0.5, 0.6) is 5.75 Å². The molecule has 0 fully saturated rings. The molecular formula is C11H15ClFNO. The molecule has 0 spiro atoms. The van der Waals surface area contributed by atoms with Gasteiger partial charge in [-0.15, -0.1) is 0 Å². The number of aryl methyl sites for hydroxylation is 1. The van der Waals surface area contributed by atoms with Crippen molar-refractivity contribution in [1.82, 2.24) is 0 Å². The van der Waals surface area contributed by atoms with Crippen LogP contribution in [-0.4, -0.2) is 13.7 Å². The molecule has 1 unspecified atom stereocenters. The predicted molar refractivity (Wildman–Crippen MR) is 60.2 cm³/mol. The monoisotopic (exact) mass is 231 g/mol. The number of halogens is 2. The fourth-order valence-corrected chi connectivity index (χ4v) is 1.65. The zero-order valence-corrected chi connectivity index (χ0v) is 9.86. The van der Waals surface area contributed by atoms with Gasteiger partial charge in [0.2, 0.25) is 0 Å².